The Labute approximate surface area is 165 Å². The number of imidazole rings is 1. The first-order valence-corrected chi connectivity index (χ1v) is 10.4. The van der Waals surface area contributed by atoms with Gasteiger partial charge in [-0.3, -0.25) is 4.79 Å². The lowest BCUT2D eigenvalue weighted by Gasteiger charge is -2.19. The summed E-state index contributed by atoms with van der Waals surface area (Å²) in [4.78, 5) is 22.9. The van der Waals surface area contributed by atoms with Crippen molar-refractivity contribution < 1.29 is 4.79 Å². The molecule has 0 spiro atoms. The second-order valence-corrected chi connectivity index (χ2v) is 8.17. The Bertz CT molecular complexity index is 1020. The van der Waals surface area contributed by atoms with Crippen molar-refractivity contribution in [1.29, 1.82) is 0 Å². The molecule has 3 heterocycles. The summed E-state index contributed by atoms with van der Waals surface area (Å²) in [5.74, 6) is 1.56. The predicted molar refractivity (Wildman–Crippen MR) is 109 cm³/mol. The average Bonchev–Trinajstić information content (AvgIpc) is 3.52. The zero-order chi connectivity index (χ0) is 19.1. The summed E-state index contributed by atoms with van der Waals surface area (Å²) in [5, 5.41) is 3.31. The third-order valence-corrected chi connectivity index (χ3v) is 5.98. The summed E-state index contributed by atoms with van der Waals surface area (Å²) in [6.45, 7) is 2.90. The van der Waals surface area contributed by atoms with Crippen molar-refractivity contribution in [2.24, 2.45) is 5.92 Å². The number of benzene rings is 1. The fraction of sp³-hybridized carbons (Fsp3) is 0.435. The highest BCUT2D eigenvalue weighted by molar-refractivity contribution is 6.04. The maximum absolute atomic E-state index is 13.3. The summed E-state index contributed by atoms with van der Waals surface area (Å²) in [6, 6.07) is 12.3. The molecule has 2 aliphatic rings. The first-order valence-electron chi connectivity index (χ1n) is 10.4. The lowest BCUT2D eigenvalue weighted by atomic mass is 10.0. The number of aryl methyl sites for hydroxylation is 3. The molecular weight excluding hydrogens is 348 g/mol. The van der Waals surface area contributed by atoms with Gasteiger partial charge in [0.1, 0.15) is 11.3 Å². The number of hydrogen-bond acceptors (Lipinski definition) is 3. The number of carbonyl (C=O) groups is 1. The van der Waals surface area contributed by atoms with Gasteiger partial charge in [-0.1, -0.05) is 36.8 Å². The van der Waals surface area contributed by atoms with Crippen LogP contribution in [0, 0.1) is 12.8 Å². The van der Waals surface area contributed by atoms with E-state index in [0.29, 0.717) is 11.5 Å². The summed E-state index contributed by atoms with van der Waals surface area (Å²) in [7, 11) is 0. The van der Waals surface area contributed by atoms with Gasteiger partial charge in [0.25, 0.3) is 5.91 Å². The second-order valence-electron chi connectivity index (χ2n) is 8.17. The Kier molecular flexibility index (Phi) is 4.38. The summed E-state index contributed by atoms with van der Waals surface area (Å²) in [6.07, 6.45) is 6.83. The van der Waals surface area contributed by atoms with Crippen LogP contribution in [0.25, 0.3) is 11.2 Å². The van der Waals surface area contributed by atoms with Gasteiger partial charge in [0.2, 0.25) is 0 Å². The first-order chi connectivity index (χ1) is 13.7. The number of carbonyl (C=O) groups excluding carboxylic acids is 1. The Morgan fingerprint density at radius 1 is 1.14 bits per heavy atom. The van der Waals surface area contributed by atoms with Gasteiger partial charge >= 0.3 is 0 Å². The summed E-state index contributed by atoms with van der Waals surface area (Å²) < 4.78 is 2.22. The van der Waals surface area contributed by atoms with Crippen LogP contribution in [0.4, 0.5) is 0 Å². The second kappa shape index (κ2) is 7.04. The maximum Gasteiger partial charge on any atom is 0.254 e. The van der Waals surface area contributed by atoms with Crippen molar-refractivity contribution in [1.82, 2.24) is 19.9 Å². The van der Waals surface area contributed by atoms with E-state index < -0.39 is 0 Å². The Morgan fingerprint density at radius 3 is 2.75 bits per heavy atom. The number of amides is 1. The lowest BCUT2D eigenvalue weighted by Crippen LogP contribution is -2.30. The van der Waals surface area contributed by atoms with Crippen LogP contribution in [0.1, 0.15) is 65.6 Å². The number of fused-ring (bicyclic) bond motifs is 3. The summed E-state index contributed by atoms with van der Waals surface area (Å²) in [5.41, 5.74) is 4.32. The molecule has 1 aromatic carbocycles. The Balaban J connectivity index is 1.52. The van der Waals surface area contributed by atoms with Gasteiger partial charge < -0.3 is 9.88 Å². The van der Waals surface area contributed by atoms with Crippen molar-refractivity contribution in [2.75, 3.05) is 0 Å². The van der Waals surface area contributed by atoms with E-state index in [9.17, 15) is 4.79 Å². The highest BCUT2D eigenvalue weighted by Crippen LogP contribution is 2.41. The molecule has 2 aromatic heterocycles. The highest BCUT2D eigenvalue weighted by Gasteiger charge is 2.34. The Morgan fingerprint density at radius 2 is 1.96 bits per heavy atom. The molecule has 5 nitrogen and oxygen atoms in total. The van der Waals surface area contributed by atoms with Crippen molar-refractivity contribution in [2.45, 2.75) is 58.0 Å². The lowest BCUT2D eigenvalue weighted by molar-refractivity contribution is 0.0933. The average molecular weight is 374 g/mol. The third kappa shape index (κ3) is 3.19. The molecule has 0 radical (unpaired) electrons. The van der Waals surface area contributed by atoms with E-state index in [-0.39, 0.29) is 11.9 Å². The highest BCUT2D eigenvalue weighted by atomic mass is 16.1. The molecule has 144 valence electrons. The minimum Gasteiger partial charge on any atom is -0.345 e. The van der Waals surface area contributed by atoms with Crippen LogP contribution in [0.5, 0.6) is 0 Å². The molecule has 1 aliphatic heterocycles. The molecule has 1 amide bonds. The molecule has 0 saturated heterocycles. The van der Waals surface area contributed by atoms with Crippen LogP contribution in [-0.2, 0) is 13.0 Å². The molecule has 1 saturated carbocycles. The number of rotatable bonds is 4. The Hall–Kier alpha value is -2.69. The van der Waals surface area contributed by atoms with E-state index in [0.717, 1.165) is 48.5 Å². The van der Waals surface area contributed by atoms with Crippen molar-refractivity contribution >= 4 is 17.1 Å². The van der Waals surface area contributed by atoms with Gasteiger partial charge in [0.05, 0.1) is 11.6 Å². The predicted octanol–water partition coefficient (Wildman–Crippen LogP) is 4.35. The molecule has 1 N–H and O–H groups in total. The van der Waals surface area contributed by atoms with Gasteiger partial charge in [-0.25, -0.2) is 9.97 Å². The topological polar surface area (TPSA) is 59.8 Å². The summed E-state index contributed by atoms with van der Waals surface area (Å²) >= 11 is 0. The van der Waals surface area contributed by atoms with Gasteiger partial charge in [-0.2, -0.15) is 0 Å². The van der Waals surface area contributed by atoms with E-state index in [2.05, 4.69) is 22.0 Å². The van der Waals surface area contributed by atoms with Gasteiger partial charge in [0.15, 0.2) is 5.65 Å². The van der Waals surface area contributed by atoms with Crippen LogP contribution in [0.15, 0.2) is 36.4 Å². The van der Waals surface area contributed by atoms with Crippen molar-refractivity contribution in [3.05, 3.63) is 59.0 Å². The number of aromatic nitrogens is 3. The van der Waals surface area contributed by atoms with Crippen LogP contribution >= 0.6 is 0 Å². The van der Waals surface area contributed by atoms with E-state index in [1.54, 1.807) is 0 Å². The molecule has 5 rings (SSSR count). The molecule has 28 heavy (non-hydrogen) atoms. The number of nitrogens with one attached hydrogen (secondary N) is 1. The normalized spacial score (nSPS) is 17.8. The minimum absolute atomic E-state index is 0.0375. The SMILES string of the molecule is Cc1cc(C(=O)N[C@H](c2ccccc2)C2CC2)c2nc3n(c2n1)CCCCC3. The number of nitrogens with zero attached hydrogens (tertiary/aromatic N) is 3. The standard InChI is InChI=1S/C23H26N4O/c1-15-14-18(21-22(24-15)27-13-7-3-6-10-19(27)25-21)23(28)26-20(17-11-12-17)16-8-4-2-5-9-16/h2,4-5,8-9,14,17,20H,3,6-7,10-13H2,1H3,(H,26,28)/t20-/m1/s1. The molecule has 5 heteroatoms. The fourth-order valence-electron chi connectivity index (χ4n) is 4.37. The molecule has 1 fully saturated rings. The largest absolute Gasteiger partial charge is 0.345 e. The van der Waals surface area contributed by atoms with Crippen LogP contribution in [-0.4, -0.2) is 20.4 Å². The zero-order valence-corrected chi connectivity index (χ0v) is 16.3. The van der Waals surface area contributed by atoms with E-state index in [1.165, 1.54) is 24.8 Å². The minimum atomic E-state index is -0.0375. The van der Waals surface area contributed by atoms with Crippen LogP contribution < -0.4 is 5.32 Å². The number of pyridine rings is 1. The van der Waals surface area contributed by atoms with Crippen LogP contribution in [0.3, 0.4) is 0 Å². The van der Waals surface area contributed by atoms with Crippen LogP contribution in [0.2, 0.25) is 0 Å². The van der Waals surface area contributed by atoms with Gasteiger partial charge in [0, 0.05) is 18.7 Å². The van der Waals surface area contributed by atoms with Gasteiger partial charge in [-0.15, -0.1) is 0 Å². The fourth-order valence-corrected chi connectivity index (χ4v) is 4.37. The third-order valence-electron chi connectivity index (χ3n) is 5.98. The number of hydrogen-bond donors (Lipinski definition) is 1. The zero-order valence-electron chi connectivity index (χ0n) is 16.3. The van der Waals surface area contributed by atoms with E-state index in [1.807, 2.05) is 31.2 Å². The molecule has 1 atom stereocenters. The maximum atomic E-state index is 13.3. The molecule has 0 unspecified atom stereocenters. The quantitative estimate of drug-likeness (QED) is 0.739. The van der Waals surface area contributed by atoms with E-state index in [4.69, 9.17) is 9.97 Å². The molecule has 1 aliphatic carbocycles. The van der Waals surface area contributed by atoms with E-state index >= 15 is 0 Å². The molecule has 0 bridgehead atoms. The first kappa shape index (κ1) is 17.4. The molecule has 3 aromatic rings. The van der Waals surface area contributed by atoms with Gasteiger partial charge in [-0.05, 0) is 50.2 Å². The monoisotopic (exact) mass is 374 g/mol. The smallest absolute Gasteiger partial charge is 0.254 e. The van der Waals surface area contributed by atoms with Crippen molar-refractivity contribution in [3.63, 3.8) is 0 Å². The van der Waals surface area contributed by atoms with Crippen molar-refractivity contribution in [3.8, 4) is 0 Å². The molecular formula is C23H26N4O.